The van der Waals surface area contributed by atoms with E-state index in [1.54, 1.807) is 12.1 Å². The highest BCUT2D eigenvalue weighted by atomic mass is 32.2. The number of sulfone groups is 1. The lowest BCUT2D eigenvalue weighted by atomic mass is 10.1. The van der Waals surface area contributed by atoms with Crippen LogP contribution in [0.25, 0.3) is 0 Å². The third-order valence-electron chi connectivity index (χ3n) is 3.02. The molecule has 1 aromatic rings. The first-order chi connectivity index (χ1) is 9.94. The normalized spacial score (nSPS) is 15.1. The number of rotatable bonds is 4. The summed E-state index contributed by atoms with van der Waals surface area (Å²) in [6.45, 7) is 1.54. The number of nitrogens with one attached hydrogen (secondary N) is 2. The largest absolute Gasteiger partial charge is 0.320 e. The maximum absolute atomic E-state index is 12.1. The lowest BCUT2D eigenvalue weighted by molar-refractivity contribution is -0.121. The maximum atomic E-state index is 12.1. The third kappa shape index (κ3) is 3.46. The molecule has 0 saturated heterocycles. The number of hydrogen-bond donors (Lipinski definition) is 2. The van der Waals surface area contributed by atoms with Crippen molar-refractivity contribution in [2.24, 2.45) is 5.10 Å². The van der Waals surface area contributed by atoms with Gasteiger partial charge in [0.15, 0.2) is 9.84 Å². The van der Waals surface area contributed by atoms with Gasteiger partial charge in [-0.25, -0.2) is 13.8 Å². The summed E-state index contributed by atoms with van der Waals surface area (Å²) in [6.07, 6.45) is 0.404. The number of hydrazone groups is 1. The average Bonchev–Trinajstić information content (AvgIpc) is 2.48. The number of hydrogen-bond acceptors (Lipinski definition) is 5. The zero-order chi connectivity index (χ0) is 15.5. The Hall–Kier alpha value is -2.22. The number of anilines is 1. The van der Waals surface area contributed by atoms with Gasteiger partial charge in [-0.3, -0.25) is 9.59 Å². The third-order valence-corrected chi connectivity index (χ3v) is 4.80. The van der Waals surface area contributed by atoms with Crippen molar-refractivity contribution in [1.29, 1.82) is 0 Å². The molecule has 2 N–H and O–H groups in total. The van der Waals surface area contributed by atoms with E-state index in [2.05, 4.69) is 15.8 Å². The predicted molar refractivity (Wildman–Crippen MR) is 77.6 cm³/mol. The molecule has 8 heteroatoms. The van der Waals surface area contributed by atoms with Crippen LogP contribution in [-0.2, 0) is 19.4 Å². The summed E-state index contributed by atoms with van der Waals surface area (Å²) in [5, 5.41) is 6.21. The molecule has 0 bridgehead atoms. The zero-order valence-electron chi connectivity index (χ0n) is 11.4. The Kier molecular flexibility index (Phi) is 4.37. The minimum atomic E-state index is -3.44. The molecule has 2 amide bonds. The topological polar surface area (TPSA) is 105 Å². The van der Waals surface area contributed by atoms with E-state index in [4.69, 9.17) is 0 Å². The first-order valence-electron chi connectivity index (χ1n) is 6.42. The van der Waals surface area contributed by atoms with Crippen molar-refractivity contribution in [3.8, 4) is 0 Å². The number of nitrogens with zero attached hydrogens (tertiary/aromatic N) is 1. The van der Waals surface area contributed by atoms with Crippen LogP contribution in [0.1, 0.15) is 19.8 Å². The minimum absolute atomic E-state index is 0.0586. The fraction of sp³-hybridized carbons (Fsp3) is 0.308. The van der Waals surface area contributed by atoms with Crippen LogP contribution in [0.4, 0.5) is 5.69 Å². The highest BCUT2D eigenvalue weighted by Crippen LogP contribution is 2.22. The molecule has 0 spiro atoms. The van der Waals surface area contributed by atoms with Crippen LogP contribution in [0, 0.1) is 0 Å². The number of benzene rings is 1. The van der Waals surface area contributed by atoms with Gasteiger partial charge in [0.25, 0.3) is 5.91 Å². The second-order valence-electron chi connectivity index (χ2n) is 4.45. The molecule has 1 aromatic carbocycles. The molecule has 1 aliphatic heterocycles. The molecule has 0 saturated carbocycles. The van der Waals surface area contributed by atoms with Crippen molar-refractivity contribution in [2.45, 2.75) is 24.7 Å². The highest BCUT2D eigenvalue weighted by Gasteiger charge is 2.21. The molecule has 0 radical (unpaired) electrons. The lowest BCUT2D eigenvalue weighted by Crippen LogP contribution is -2.33. The lowest BCUT2D eigenvalue weighted by Gasteiger charge is -2.14. The Morgan fingerprint density at radius 1 is 1.33 bits per heavy atom. The zero-order valence-corrected chi connectivity index (χ0v) is 12.2. The molecule has 1 aliphatic rings. The summed E-state index contributed by atoms with van der Waals surface area (Å²) in [4.78, 5) is 23.1. The van der Waals surface area contributed by atoms with Crippen LogP contribution in [0.15, 0.2) is 34.3 Å². The molecule has 0 unspecified atom stereocenters. The van der Waals surface area contributed by atoms with Crippen molar-refractivity contribution in [1.82, 2.24) is 5.43 Å². The van der Waals surface area contributed by atoms with Crippen LogP contribution in [-0.4, -0.2) is 31.7 Å². The van der Waals surface area contributed by atoms with Gasteiger partial charge in [0.1, 0.15) is 5.71 Å². The Bertz CT molecular complexity index is 710. The van der Waals surface area contributed by atoms with E-state index in [0.717, 1.165) is 0 Å². The van der Waals surface area contributed by atoms with Crippen LogP contribution >= 0.6 is 0 Å². The van der Waals surface area contributed by atoms with Gasteiger partial charge >= 0.3 is 0 Å². The van der Waals surface area contributed by atoms with Crippen molar-refractivity contribution >= 4 is 33.1 Å². The summed E-state index contributed by atoms with van der Waals surface area (Å²) >= 11 is 0. The smallest absolute Gasteiger partial charge is 0.271 e. The first kappa shape index (κ1) is 15.2. The fourth-order valence-corrected chi connectivity index (χ4v) is 2.88. The molecule has 1 heterocycles. The van der Waals surface area contributed by atoms with Crippen molar-refractivity contribution in [2.75, 3.05) is 11.1 Å². The standard InChI is InChI=1S/C13H15N3O4S/c1-2-21(19,20)11-6-4-3-5-9(11)14-13(18)10-7-8-12(17)16-15-10/h3-6H,2,7-8H2,1H3,(H,14,18)(H,16,17). The number of para-hydroxylation sites is 1. The van der Waals surface area contributed by atoms with Gasteiger partial charge < -0.3 is 5.32 Å². The van der Waals surface area contributed by atoms with Gasteiger partial charge in [0, 0.05) is 12.8 Å². The van der Waals surface area contributed by atoms with Gasteiger partial charge in [-0.2, -0.15) is 5.10 Å². The molecule has 2 rings (SSSR count). The van der Waals surface area contributed by atoms with Gasteiger partial charge in [-0.1, -0.05) is 19.1 Å². The van der Waals surface area contributed by atoms with Crippen LogP contribution in [0.5, 0.6) is 0 Å². The van der Waals surface area contributed by atoms with E-state index < -0.39 is 15.7 Å². The predicted octanol–water partition coefficient (Wildman–Crippen LogP) is 0.685. The SMILES string of the molecule is CCS(=O)(=O)c1ccccc1NC(=O)C1=NNC(=O)CC1. The van der Waals surface area contributed by atoms with Crippen molar-refractivity contribution in [3.05, 3.63) is 24.3 Å². The highest BCUT2D eigenvalue weighted by molar-refractivity contribution is 7.91. The van der Waals surface area contributed by atoms with Crippen molar-refractivity contribution < 1.29 is 18.0 Å². The summed E-state index contributed by atoms with van der Waals surface area (Å²) in [5.41, 5.74) is 2.60. The molecule has 112 valence electrons. The molecule has 7 nitrogen and oxygen atoms in total. The van der Waals surface area contributed by atoms with E-state index in [9.17, 15) is 18.0 Å². The average molecular weight is 309 g/mol. The van der Waals surface area contributed by atoms with E-state index in [1.165, 1.54) is 19.1 Å². The molecular weight excluding hydrogens is 294 g/mol. The minimum Gasteiger partial charge on any atom is -0.320 e. The van der Waals surface area contributed by atoms with E-state index in [0.29, 0.717) is 0 Å². The number of amides is 2. The van der Waals surface area contributed by atoms with Crippen LogP contribution < -0.4 is 10.7 Å². The van der Waals surface area contributed by atoms with Crippen LogP contribution in [0.2, 0.25) is 0 Å². The van der Waals surface area contributed by atoms with Gasteiger partial charge in [-0.15, -0.1) is 0 Å². The number of carbonyl (C=O) groups is 2. The Morgan fingerprint density at radius 2 is 2.05 bits per heavy atom. The quantitative estimate of drug-likeness (QED) is 0.853. The summed E-state index contributed by atoms with van der Waals surface area (Å²) < 4.78 is 24.0. The van der Waals surface area contributed by atoms with E-state index in [1.807, 2.05) is 0 Å². The first-order valence-corrected chi connectivity index (χ1v) is 8.08. The Balaban J connectivity index is 2.25. The number of carbonyl (C=O) groups excluding carboxylic acids is 2. The van der Waals surface area contributed by atoms with Crippen LogP contribution in [0.3, 0.4) is 0 Å². The monoisotopic (exact) mass is 309 g/mol. The Labute approximate surface area is 122 Å². The van der Waals surface area contributed by atoms with Gasteiger partial charge in [0.2, 0.25) is 5.91 Å². The Morgan fingerprint density at radius 3 is 2.67 bits per heavy atom. The maximum Gasteiger partial charge on any atom is 0.271 e. The second-order valence-corrected chi connectivity index (χ2v) is 6.69. The molecule has 21 heavy (non-hydrogen) atoms. The molecular formula is C13H15N3O4S. The van der Waals surface area contributed by atoms with E-state index >= 15 is 0 Å². The summed E-state index contributed by atoms with van der Waals surface area (Å²) in [7, 11) is -3.44. The summed E-state index contributed by atoms with van der Waals surface area (Å²) in [6, 6.07) is 6.19. The molecule has 0 atom stereocenters. The molecule has 0 aliphatic carbocycles. The fourth-order valence-electron chi connectivity index (χ4n) is 1.83. The molecule has 0 aromatic heterocycles. The van der Waals surface area contributed by atoms with E-state index in [-0.39, 0.29) is 40.8 Å². The molecule has 0 fully saturated rings. The second kappa shape index (κ2) is 6.04. The van der Waals surface area contributed by atoms with Crippen molar-refractivity contribution in [3.63, 3.8) is 0 Å². The van der Waals surface area contributed by atoms with Gasteiger partial charge in [-0.05, 0) is 12.1 Å². The summed E-state index contributed by atoms with van der Waals surface area (Å²) in [5.74, 6) is -0.828. The van der Waals surface area contributed by atoms with Gasteiger partial charge in [0.05, 0.1) is 16.3 Å².